The Morgan fingerprint density at radius 3 is 2.09 bits per heavy atom. The summed E-state index contributed by atoms with van der Waals surface area (Å²) in [5, 5.41) is 49.4. The highest BCUT2D eigenvalue weighted by molar-refractivity contribution is 7.98. The van der Waals surface area contributed by atoms with Gasteiger partial charge in [0.1, 0.15) is 36.6 Å². The van der Waals surface area contributed by atoms with E-state index in [0.717, 1.165) is 0 Å². The molecule has 0 spiro atoms. The first kappa shape index (κ1) is 19.3. The molecule has 3 unspecified atom stereocenters. The van der Waals surface area contributed by atoms with Gasteiger partial charge in [0.25, 0.3) is 0 Å². The summed E-state index contributed by atoms with van der Waals surface area (Å²) in [6, 6.07) is 0. The van der Waals surface area contributed by atoms with E-state index < -0.39 is 61.9 Å². The van der Waals surface area contributed by atoms with Gasteiger partial charge in [0.05, 0.1) is 12.7 Å². The Balaban J connectivity index is 2.05. The van der Waals surface area contributed by atoms with Crippen molar-refractivity contribution in [1.29, 1.82) is 0 Å². The second-order valence-corrected chi connectivity index (χ2v) is 6.43. The molecule has 0 bridgehead atoms. The highest BCUT2D eigenvalue weighted by Crippen LogP contribution is 2.30. The van der Waals surface area contributed by atoms with E-state index in [1.807, 2.05) is 6.26 Å². The lowest BCUT2D eigenvalue weighted by Gasteiger charge is -2.42. The van der Waals surface area contributed by atoms with Crippen LogP contribution in [0.5, 0.6) is 0 Å². The van der Waals surface area contributed by atoms with Gasteiger partial charge >= 0.3 is 0 Å². The fourth-order valence-electron chi connectivity index (χ4n) is 2.70. The Hall–Kier alpha value is -0.0100. The van der Waals surface area contributed by atoms with Crippen LogP contribution in [0.2, 0.25) is 0 Å². The SMILES string of the molecule is CO[C@H]1OC(CO)[C@@H](O[C@@H]2O[C@@H](CSC)C(O)[C@H]2O)[C@H](O)C1O. The van der Waals surface area contributed by atoms with E-state index in [2.05, 4.69) is 0 Å². The highest BCUT2D eigenvalue weighted by atomic mass is 32.2. The van der Waals surface area contributed by atoms with E-state index in [4.69, 9.17) is 18.9 Å². The van der Waals surface area contributed by atoms with Crippen molar-refractivity contribution in [3.63, 3.8) is 0 Å². The predicted octanol–water partition coefficient (Wildman–Crippen LogP) is -2.73. The van der Waals surface area contributed by atoms with Crippen molar-refractivity contribution in [1.82, 2.24) is 0 Å². The van der Waals surface area contributed by atoms with Gasteiger partial charge in [-0.25, -0.2) is 0 Å². The first-order chi connectivity index (χ1) is 10.9. The van der Waals surface area contributed by atoms with E-state index in [0.29, 0.717) is 5.75 Å². The second-order valence-electron chi connectivity index (χ2n) is 5.52. The molecule has 23 heavy (non-hydrogen) atoms. The average molecular weight is 356 g/mol. The molecular formula is C13H24O9S. The van der Waals surface area contributed by atoms with Gasteiger partial charge < -0.3 is 44.5 Å². The van der Waals surface area contributed by atoms with Gasteiger partial charge in [-0.05, 0) is 6.26 Å². The zero-order valence-corrected chi connectivity index (χ0v) is 13.7. The van der Waals surface area contributed by atoms with Crippen LogP contribution in [0, 0.1) is 0 Å². The molecule has 0 aromatic heterocycles. The van der Waals surface area contributed by atoms with Crippen LogP contribution in [0.1, 0.15) is 0 Å². The molecule has 2 fully saturated rings. The number of aliphatic hydroxyl groups excluding tert-OH is 5. The highest BCUT2D eigenvalue weighted by Gasteiger charge is 2.50. The van der Waals surface area contributed by atoms with Crippen LogP contribution >= 0.6 is 11.8 Å². The van der Waals surface area contributed by atoms with Gasteiger partial charge in [0.2, 0.25) is 0 Å². The number of hydrogen-bond acceptors (Lipinski definition) is 10. The summed E-state index contributed by atoms with van der Waals surface area (Å²) in [4.78, 5) is 0. The van der Waals surface area contributed by atoms with Crippen LogP contribution in [0.4, 0.5) is 0 Å². The summed E-state index contributed by atoms with van der Waals surface area (Å²) < 4.78 is 21.2. The molecule has 2 aliphatic rings. The van der Waals surface area contributed by atoms with Crippen molar-refractivity contribution in [3.05, 3.63) is 0 Å². The Labute approximate surface area is 138 Å². The Kier molecular flexibility index (Phi) is 7.04. The van der Waals surface area contributed by atoms with Crippen molar-refractivity contribution >= 4 is 11.8 Å². The lowest BCUT2D eigenvalue weighted by molar-refractivity contribution is -0.325. The number of aliphatic hydroxyl groups is 5. The number of hydrogen-bond donors (Lipinski definition) is 5. The van der Waals surface area contributed by atoms with Crippen molar-refractivity contribution in [2.45, 2.75) is 55.3 Å². The van der Waals surface area contributed by atoms with E-state index >= 15 is 0 Å². The zero-order valence-electron chi connectivity index (χ0n) is 12.9. The fraction of sp³-hybridized carbons (Fsp3) is 1.00. The van der Waals surface area contributed by atoms with Gasteiger partial charge in [-0.3, -0.25) is 0 Å². The molecule has 0 aromatic carbocycles. The monoisotopic (exact) mass is 356 g/mol. The number of methoxy groups -OCH3 is 1. The maximum atomic E-state index is 10.2. The summed E-state index contributed by atoms with van der Waals surface area (Å²) in [6.07, 6.45) is -8.47. The second kappa shape index (κ2) is 8.39. The van der Waals surface area contributed by atoms with Crippen molar-refractivity contribution in [2.24, 2.45) is 0 Å². The van der Waals surface area contributed by atoms with Gasteiger partial charge in [-0.2, -0.15) is 11.8 Å². The molecule has 2 saturated heterocycles. The summed E-state index contributed by atoms with van der Waals surface area (Å²) >= 11 is 1.44. The molecule has 136 valence electrons. The van der Waals surface area contributed by atoms with Crippen molar-refractivity contribution < 1.29 is 44.5 Å². The lowest BCUT2D eigenvalue weighted by Crippen LogP contribution is -2.61. The van der Waals surface area contributed by atoms with Gasteiger partial charge in [0, 0.05) is 12.9 Å². The minimum Gasteiger partial charge on any atom is -0.394 e. The summed E-state index contributed by atoms with van der Waals surface area (Å²) in [5.74, 6) is 0.458. The Bertz CT molecular complexity index is 371. The molecule has 2 rings (SSSR count). The van der Waals surface area contributed by atoms with E-state index in [9.17, 15) is 25.5 Å². The molecule has 9 atom stereocenters. The zero-order chi connectivity index (χ0) is 17.1. The van der Waals surface area contributed by atoms with Crippen LogP contribution < -0.4 is 0 Å². The fourth-order valence-corrected chi connectivity index (χ4v) is 3.30. The lowest BCUT2D eigenvalue weighted by atomic mass is 9.99. The molecule has 9 nitrogen and oxygen atoms in total. The maximum absolute atomic E-state index is 10.2. The predicted molar refractivity (Wildman–Crippen MR) is 78.7 cm³/mol. The van der Waals surface area contributed by atoms with Gasteiger partial charge in [-0.1, -0.05) is 0 Å². The summed E-state index contributed by atoms with van der Waals surface area (Å²) in [5.41, 5.74) is 0. The number of ether oxygens (including phenoxy) is 4. The van der Waals surface area contributed by atoms with Gasteiger partial charge in [-0.15, -0.1) is 0 Å². The third-order valence-corrected chi connectivity index (χ3v) is 4.66. The number of rotatable bonds is 6. The van der Waals surface area contributed by atoms with Gasteiger partial charge in [0.15, 0.2) is 12.6 Å². The minimum atomic E-state index is -1.42. The third-order valence-electron chi connectivity index (χ3n) is 3.99. The maximum Gasteiger partial charge on any atom is 0.187 e. The minimum absolute atomic E-state index is 0.458. The van der Waals surface area contributed by atoms with E-state index in [1.54, 1.807) is 0 Å². The third kappa shape index (κ3) is 3.98. The first-order valence-electron chi connectivity index (χ1n) is 7.25. The van der Waals surface area contributed by atoms with E-state index in [1.165, 1.54) is 18.9 Å². The standard InChI is InChI=1S/C13H24O9S/c1-19-12-10(18)8(16)11(5(3-14)20-12)22-13-9(17)7(15)6(21-13)4-23-2/h5-18H,3-4H2,1-2H3/t5?,6-,7?,8+,9+,10?,11+,12-,13-/m0/s1. The van der Waals surface area contributed by atoms with Crippen molar-refractivity contribution in [2.75, 3.05) is 25.7 Å². The molecule has 2 heterocycles. The van der Waals surface area contributed by atoms with Crippen molar-refractivity contribution in [3.8, 4) is 0 Å². The molecule has 10 heteroatoms. The van der Waals surface area contributed by atoms with Crippen LogP contribution in [-0.4, -0.2) is 107 Å². The Morgan fingerprint density at radius 2 is 1.52 bits per heavy atom. The molecule has 2 aliphatic heterocycles. The molecule has 0 saturated carbocycles. The van der Waals surface area contributed by atoms with Crippen LogP contribution in [0.25, 0.3) is 0 Å². The number of thioether (sulfide) groups is 1. The average Bonchev–Trinajstić information content (AvgIpc) is 2.81. The smallest absolute Gasteiger partial charge is 0.187 e. The Morgan fingerprint density at radius 1 is 0.913 bits per heavy atom. The topological polar surface area (TPSA) is 138 Å². The van der Waals surface area contributed by atoms with Crippen LogP contribution in [0.15, 0.2) is 0 Å². The normalized spacial score (nSPS) is 47.9. The molecular weight excluding hydrogens is 332 g/mol. The molecule has 0 aromatic rings. The van der Waals surface area contributed by atoms with Crippen LogP contribution in [0.3, 0.4) is 0 Å². The van der Waals surface area contributed by atoms with Crippen LogP contribution in [-0.2, 0) is 18.9 Å². The summed E-state index contributed by atoms with van der Waals surface area (Å²) in [6.45, 7) is -0.492. The molecule has 0 amide bonds. The quantitative estimate of drug-likeness (QED) is 0.341. The summed E-state index contributed by atoms with van der Waals surface area (Å²) in [7, 11) is 1.30. The largest absolute Gasteiger partial charge is 0.394 e. The molecule has 0 radical (unpaired) electrons. The molecule has 5 N–H and O–H groups in total. The molecule has 0 aliphatic carbocycles. The van der Waals surface area contributed by atoms with E-state index in [-0.39, 0.29) is 0 Å². The first-order valence-corrected chi connectivity index (χ1v) is 8.65.